The van der Waals surface area contributed by atoms with Crippen LogP contribution in [0.3, 0.4) is 0 Å². The lowest BCUT2D eigenvalue weighted by Gasteiger charge is -1.94. The van der Waals surface area contributed by atoms with Crippen LogP contribution in [0, 0.1) is 6.92 Å². The number of pyridine rings is 1. The van der Waals surface area contributed by atoms with E-state index in [9.17, 15) is 4.79 Å². The number of halogens is 1. The van der Waals surface area contributed by atoms with Crippen molar-refractivity contribution in [2.75, 3.05) is 0 Å². The molecule has 0 unspecified atom stereocenters. The van der Waals surface area contributed by atoms with E-state index in [-0.39, 0.29) is 0 Å². The first-order chi connectivity index (χ1) is 4.74. The molecule has 0 spiro atoms. The molecular weight excluding hydrogens is 194 g/mol. The van der Waals surface area contributed by atoms with E-state index in [1.54, 1.807) is 6.20 Å². The molecule has 52 valence electrons. The summed E-state index contributed by atoms with van der Waals surface area (Å²) in [5, 5.41) is 0. The van der Waals surface area contributed by atoms with Crippen LogP contribution < -0.4 is 0 Å². The summed E-state index contributed by atoms with van der Waals surface area (Å²) in [6, 6.07) is 1.86. The van der Waals surface area contributed by atoms with Crippen molar-refractivity contribution in [1.82, 2.24) is 4.98 Å². The van der Waals surface area contributed by atoms with Gasteiger partial charge in [-0.15, -0.1) is 0 Å². The summed E-state index contributed by atoms with van der Waals surface area (Å²) in [5.41, 5.74) is 1.49. The fourth-order valence-electron chi connectivity index (χ4n) is 0.631. The molecule has 1 heterocycles. The first kappa shape index (κ1) is 7.41. The highest BCUT2D eigenvalue weighted by Crippen LogP contribution is 2.13. The second-order valence-corrected chi connectivity index (χ2v) is 2.85. The van der Waals surface area contributed by atoms with Gasteiger partial charge >= 0.3 is 0 Å². The van der Waals surface area contributed by atoms with Gasteiger partial charge in [-0.25, -0.2) is 0 Å². The topological polar surface area (TPSA) is 30.0 Å². The fourth-order valence-corrected chi connectivity index (χ4v) is 1.19. The Morgan fingerprint density at radius 1 is 1.70 bits per heavy atom. The van der Waals surface area contributed by atoms with E-state index in [4.69, 9.17) is 0 Å². The predicted molar refractivity (Wildman–Crippen MR) is 42.1 cm³/mol. The molecule has 1 aromatic heterocycles. The lowest BCUT2D eigenvalue weighted by molar-refractivity contribution is 0.111. The Balaban J connectivity index is 3.19. The summed E-state index contributed by atoms with van der Waals surface area (Å²) in [5.74, 6) is 0. The molecule has 10 heavy (non-hydrogen) atoms. The smallest absolute Gasteiger partial charge is 0.169 e. The zero-order valence-electron chi connectivity index (χ0n) is 5.47. The highest BCUT2D eigenvalue weighted by Gasteiger charge is 1.97. The SMILES string of the molecule is Cc1cnc(C=O)c(Br)c1. The molecule has 0 saturated carbocycles. The highest BCUT2D eigenvalue weighted by atomic mass is 79.9. The molecule has 0 radical (unpaired) electrons. The molecule has 0 saturated heterocycles. The zero-order chi connectivity index (χ0) is 7.56. The van der Waals surface area contributed by atoms with Crippen LogP contribution in [0.15, 0.2) is 16.7 Å². The van der Waals surface area contributed by atoms with Gasteiger partial charge in [-0.2, -0.15) is 0 Å². The number of aldehydes is 1. The van der Waals surface area contributed by atoms with Crippen molar-refractivity contribution in [3.8, 4) is 0 Å². The normalized spacial score (nSPS) is 9.40. The molecule has 0 atom stereocenters. The zero-order valence-corrected chi connectivity index (χ0v) is 7.05. The Labute approximate surface area is 67.4 Å². The minimum atomic E-state index is 0.450. The van der Waals surface area contributed by atoms with Crippen LogP contribution in [0.4, 0.5) is 0 Å². The van der Waals surface area contributed by atoms with Crippen LogP contribution in [0.25, 0.3) is 0 Å². The average molecular weight is 200 g/mol. The Morgan fingerprint density at radius 2 is 2.40 bits per heavy atom. The third-order valence-electron chi connectivity index (χ3n) is 1.12. The first-order valence-electron chi connectivity index (χ1n) is 2.81. The Morgan fingerprint density at radius 3 is 2.90 bits per heavy atom. The highest BCUT2D eigenvalue weighted by molar-refractivity contribution is 9.10. The molecule has 1 aromatic rings. The molecule has 0 aliphatic carbocycles. The van der Waals surface area contributed by atoms with Gasteiger partial charge in [0.2, 0.25) is 0 Å². The number of carbonyl (C=O) groups is 1. The van der Waals surface area contributed by atoms with Crippen molar-refractivity contribution >= 4 is 22.2 Å². The fraction of sp³-hybridized carbons (Fsp3) is 0.143. The van der Waals surface area contributed by atoms with E-state index in [1.165, 1.54) is 0 Å². The number of hydrogen-bond donors (Lipinski definition) is 0. The summed E-state index contributed by atoms with van der Waals surface area (Å²) in [6.45, 7) is 1.92. The third-order valence-corrected chi connectivity index (χ3v) is 1.75. The molecule has 0 fully saturated rings. The van der Waals surface area contributed by atoms with E-state index in [0.717, 1.165) is 16.3 Å². The van der Waals surface area contributed by atoms with Gasteiger partial charge in [0.1, 0.15) is 5.69 Å². The van der Waals surface area contributed by atoms with Crippen molar-refractivity contribution in [3.63, 3.8) is 0 Å². The second-order valence-electron chi connectivity index (χ2n) is 2.00. The molecule has 2 nitrogen and oxygen atoms in total. The quantitative estimate of drug-likeness (QED) is 0.648. The van der Waals surface area contributed by atoms with Crippen LogP contribution in [-0.4, -0.2) is 11.3 Å². The van der Waals surface area contributed by atoms with E-state index in [2.05, 4.69) is 20.9 Å². The third kappa shape index (κ3) is 1.42. The first-order valence-corrected chi connectivity index (χ1v) is 3.60. The Kier molecular flexibility index (Phi) is 2.17. The molecular formula is C7H6BrNO. The monoisotopic (exact) mass is 199 g/mol. The molecule has 0 aliphatic rings. The van der Waals surface area contributed by atoms with Crippen LogP contribution in [0.1, 0.15) is 16.1 Å². The molecule has 0 amide bonds. The van der Waals surface area contributed by atoms with Gasteiger partial charge in [0, 0.05) is 10.7 Å². The van der Waals surface area contributed by atoms with Gasteiger partial charge in [-0.3, -0.25) is 9.78 Å². The molecule has 3 heteroatoms. The number of hydrogen-bond acceptors (Lipinski definition) is 2. The van der Waals surface area contributed by atoms with Crippen molar-refractivity contribution in [2.24, 2.45) is 0 Å². The molecule has 1 rings (SSSR count). The number of carbonyl (C=O) groups excluding carboxylic acids is 1. The lowest BCUT2D eigenvalue weighted by Crippen LogP contribution is -1.88. The number of nitrogens with zero attached hydrogens (tertiary/aromatic N) is 1. The van der Waals surface area contributed by atoms with Crippen molar-refractivity contribution < 1.29 is 4.79 Å². The number of aryl methyl sites for hydroxylation is 1. The summed E-state index contributed by atoms with van der Waals surface area (Å²) < 4.78 is 0.752. The van der Waals surface area contributed by atoms with Gasteiger partial charge < -0.3 is 0 Å². The van der Waals surface area contributed by atoms with Gasteiger partial charge in [0.25, 0.3) is 0 Å². The number of rotatable bonds is 1. The molecule has 0 aromatic carbocycles. The van der Waals surface area contributed by atoms with E-state index >= 15 is 0 Å². The van der Waals surface area contributed by atoms with E-state index in [1.807, 2.05) is 13.0 Å². The predicted octanol–water partition coefficient (Wildman–Crippen LogP) is 1.97. The Hall–Kier alpha value is -0.700. The second kappa shape index (κ2) is 2.92. The minimum absolute atomic E-state index is 0.450. The van der Waals surface area contributed by atoms with Crippen LogP contribution in [-0.2, 0) is 0 Å². The molecule has 0 N–H and O–H groups in total. The lowest BCUT2D eigenvalue weighted by atomic mass is 10.3. The van der Waals surface area contributed by atoms with Crippen molar-refractivity contribution in [3.05, 3.63) is 28.0 Å². The maximum Gasteiger partial charge on any atom is 0.169 e. The average Bonchev–Trinajstić information content (AvgIpc) is 1.88. The maximum absolute atomic E-state index is 10.2. The van der Waals surface area contributed by atoms with Gasteiger partial charge in [0.05, 0.1) is 0 Å². The van der Waals surface area contributed by atoms with Gasteiger partial charge in [0.15, 0.2) is 6.29 Å². The summed E-state index contributed by atoms with van der Waals surface area (Å²) in [7, 11) is 0. The van der Waals surface area contributed by atoms with Gasteiger partial charge in [-0.05, 0) is 34.5 Å². The van der Waals surface area contributed by atoms with Gasteiger partial charge in [-0.1, -0.05) is 0 Å². The summed E-state index contributed by atoms with van der Waals surface area (Å²) >= 11 is 3.21. The van der Waals surface area contributed by atoms with Crippen molar-refractivity contribution in [2.45, 2.75) is 6.92 Å². The Bertz CT molecular complexity index is 260. The number of aromatic nitrogens is 1. The summed E-state index contributed by atoms with van der Waals surface area (Å²) in [4.78, 5) is 14.1. The van der Waals surface area contributed by atoms with Crippen LogP contribution in [0.2, 0.25) is 0 Å². The maximum atomic E-state index is 10.2. The largest absolute Gasteiger partial charge is 0.296 e. The van der Waals surface area contributed by atoms with Crippen molar-refractivity contribution in [1.29, 1.82) is 0 Å². The minimum Gasteiger partial charge on any atom is -0.296 e. The molecule has 0 bridgehead atoms. The summed E-state index contributed by atoms with van der Waals surface area (Å²) in [6.07, 6.45) is 2.39. The standard InChI is InChI=1S/C7H6BrNO/c1-5-2-6(8)7(4-10)9-3-5/h2-4H,1H3. The van der Waals surface area contributed by atoms with Crippen LogP contribution in [0.5, 0.6) is 0 Å². The van der Waals surface area contributed by atoms with E-state index in [0.29, 0.717) is 5.69 Å². The van der Waals surface area contributed by atoms with Crippen LogP contribution >= 0.6 is 15.9 Å². The van der Waals surface area contributed by atoms with E-state index < -0.39 is 0 Å². The molecule has 0 aliphatic heterocycles.